The van der Waals surface area contributed by atoms with E-state index in [4.69, 9.17) is 0 Å². The Morgan fingerprint density at radius 1 is 1.29 bits per heavy atom. The highest BCUT2D eigenvalue weighted by Crippen LogP contribution is 2.06. The highest BCUT2D eigenvalue weighted by Gasteiger charge is 2.17. The highest BCUT2D eigenvalue weighted by molar-refractivity contribution is 5.76. The summed E-state index contributed by atoms with van der Waals surface area (Å²) >= 11 is 0. The number of nitrogens with zero attached hydrogens (tertiary/aromatic N) is 3. The summed E-state index contributed by atoms with van der Waals surface area (Å²) in [7, 11) is 0. The second-order valence-corrected chi connectivity index (χ2v) is 5.53. The number of benzene rings is 1. The number of carbonyl (C=O) groups excluding carboxylic acids is 1. The molecule has 0 fully saturated rings. The summed E-state index contributed by atoms with van der Waals surface area (Å²) in [5.41, 5.74) is 1.19. The standard InChI is InChI=1S/C16H22N4O/c1-13(2)15(12-20-11-10-17-19-20)18-16(21)9-8-14-6-4-3-5-7-14/h3-7,10-11,13,15H,8-9,12H2,1-2H3,(H,18,21). The van der Waals surface area contributed by atoms with Crippen molar-refractivity contribution < 1.29 is 4.79 Å². The third kappa shape index (κ3) is 5.02. The molecule has 0 aliphatic heterocycles. The molecule has 1 atom stereocenters. The molecule has 0 aliphatic carbocycles. The number of aromatic nitrogens is 3. The molecule has 0 saturated carbocycles. The van der Waals surface area contributed by atoms with Crippen LogP contribution in [0.3, 0.4) is 0 Å². The molecule has 5 nitrogen and oxygen atoms in total. The van der Waals surface area contributed by atoms with Crippen molar-refractivity contribution in [3.8, 4) is 0 Å². The van der Waals surface area contributed by atoms with Crippen LogP contribution in [0.1, 0.15) is 25.8 Å². The lowest BCUT2D eigenvalue weighted by molar-refractivity contribution is -0.122. The van der Waals surface area contributed by atoms with E-state index in [1.807, 2.05) is 36.5 Å². The second kappa shape index (κ2) is 7.57. The first-order chi connectivity index (χ1) is 10.1. The Labute approximate surface area is 125 Å². The fourth-order valence-electron chi connectivity index (χ4n) is 2.14. The van der Waals surface area contributed by atoms with Gasteiger partial charge in [0.1, 0.15) is 0 Å². The van der Waals surface area contributed by atoms with Gasteiger partial charge in [-0.1, -0.05) is 49.4 Å². The van der Waals surface area contributed by atoms with Crippen molar-refractivity contribution in [1.29, 1.82) is 0 Å². The molecule has 1 aromatic carbocycles. The van der Waals surface area contributed by atoms with E-state index in [1.165, 1.54) is 5.56 Å². The van der Waals surface area contributed by atoms with Crippen molar-refractivity contribution in [2.75, 3.05) is 0 Å². The van der Waals surface area contributed by atoms with Gasteiger partial charge in [0, 0.05) is 12.6 Å². The normalized spacial score (nSPS) is 12.3. The molecule has 0 aliphatic rings. The highest BCUT2D eigenvalue weighted by atomic mass is 16.1. The molecule has 0 spiro atoms. The zero-order chi connectivity index (χ0) is 15.1. The van der Waals surface area contributed by atoms with Crippen LogP contribution in [0.25, 0.3) is 0 Å². The van der Waals surface area contributed by atoms with Crippen LogP contribution in [0.5, 0.6) is 0 Å². The minimum Gasteiger partial charge on any atom is -0.351 e. The Balaban J connectivity index is 1.83. The summed E-state index contributed by atoms with van der Waals surface area (Å²) in [6.07, 6.45) is 4.73. The monoisotopic (exact) mass is 286 g/mol. The van der Waals surface area contributed by atoms with Crippen LogP contribution in [0.15, 0.2) is 42.7 Å². The van der Waals surface area contributed by atoms with E-state index >= 15 is 0 Å². The van der Waals surface area contributed by atoms with Gasteiger partial charge < -0.3 is 5.32 Å². The smallest absolute Gasteiger partial charge is 0.220 e. The van der Waals surface area contributed by atoms with Gasteiger partial charge in [0.15, 0.2) is 0 Å². The lowest BCUT2D eigenvalue weighted by Gasteiger charge is -2.22. The molecule has 112 valence electrons. The molecule has 2 rings (SSSR count). The molecule has 1 unspecified atom stereocenters. The summed E-state index contributed by atoms with van der Waals surface area (Å²) in [6, 6.07) is 10.1. The topological polar surface area (TPSA) is 59.8 Å². The fourth-order valence-corrected chi connectivity index (χ4v) is 2.14. The first kappa shape index (κ1) is 15.2. The molecule has 0 bridgehead atoms. The first-order valence-electron chi connectivity index (χ1n) is 7.32. The molecule has 1 aromatic heterocycles. The van der Waals surface area contributed by atoms with E-state index in [-0.39, 0.29) is 11.9 Å². The van der Waals surface area contributed by atoms with E-state index in [1.54, 1.807) is 10.9 Å². The predicted octanol–water partition coefficient (Wildman–Crippen LogP) is 2.05. The van der Waals surface area contributed by atoms with E-state index in [9.17, 15) is 4.79 Å². The Kier molecular flexibility index (Phi) is 5.49. The maximum absolute atomic E-state index is 12.1. The molecule has 2 aromatic rings. The Hall–Kier alpha value is -2.17. The Morgan fingerprint density at radius 2 is 2.05 bits per heavy atom. The molecule has 0 radical (unpaired) electrons. The van der Waals surface area contributed by atoms with Crippen LogP contribution in [0.2, 0.25) is 0 Å². The minimum absolute atomic E-state index is 0.0648. The van der Waals surface area contributed by atoms with Crippen molar-refractivity contribution in [2.45, 2.75) is 39.3 Å². The Morgan fingerprint density at radius 3 is 2.67 bits per heavy atom. The molecule has 1 heterocycles. The zero-order valence-electron chi connectivity index (χ0n) is 12.6. The van der Waals surface area contributed by atoms with Gasteiger partial charge in [-0.3, -0.25) is 9.48 Å². The number of nitrogens with one attached hydrogen (secondary N) is 1. The molecule has 21 heavy (non-hydrogen) atoms. The zero-order valence-corrected chi connectivity index (χ0v) is 12.6. The van der Waals surface area contributed by atoms with Gasteiger partial charge in [0.05, 0.1) is 18.8 Å². The van der Waals surface area contributed by atoms with Gasteiger partial charge in [0.2, 0.25) is 5.91 Å². The van der Waals surface area contributed by atoms with Gasteiger partial charge in [-0.2, -0.15) is 0 Å². The van der Waals surface area contributed by atoms with Crippen LogP contribution in [-0.2, 0) is 17.8 Å². The molecule has 5 heteroatoms. The summed E-state index contributed by atoms with van der Waals surface area (Å²) in [5, 5.41) is 10.8. The maximum Gasteiger partial charge on any atom is 0.220 e. The van der Waals surface area contributed by atoms with E-state index in [0.717, 1.165) is 6.42 Å². The number of hydrogen-bond donors (Lipinski definition) is 1. The third-order valence-corrected chi connectivity index (χ3v) is 3.49. The van der Waals surface area contributed by atoms with Crippen LogP contribution >= 0.6 is 0 Å². The summed E-state index contributed by atoms with van der Waals surface area (Å²) in [4.78, 5) is 12.1. The largest absolute Gasteiger partial charge is 0.351 e. The number of carbonyl (C=O) groups is 1. The molecular weight excluding hydrogens is 264 g/mol. The number of hydrogen-bond acceptors (Lipinski definition) is 3. The number of rotatable bonds is 7. The lowest BCUT2D eigenvalue weighted by atomic mass is 10.0. The van der Waals surface area contributed by atoms with Crippen molar-refractivity contribution >= 4 is 5.91 Å². The maximum atomic E-state index is 12.1. The molecule has 0 saturated heterocycles. The van der Waals surface area contributed by atoms with E-state index < -0.39 is 0 Å². The molecule has 1 N–H and O–H groups in total. The van der Waals surface area contributed by atoms with Gasteiger partial charge in [-0.15, -0.1) is 5.10 Å². The first-order valence-corrected chi connectivity index (χ1v) is 7.32. The van der Waals surface area contributed by atoms with Crippen LogP contribution in [0.4, 0.5) is 0 Å². The third-order valence-electron chi connectivity index (χ3n) is 3.49. The van der Waals surface area contributed by atoms with Crippen molar-refractivity contribution in [3.63, 3.8) is 0 Å². The quantitative estimate of drug-likeness (QED) is 0.847. The van der Waals surface area contributed by atoms with Gasteiger partial charge in [0.25, 0.3) is 0 Å². The molecule has 1 amide bonds. The fraction of sp³-hybridized carbons (Fsp3) is 0.438. The lowest BCUT2D eigenvalue weighted by Crippen LogP contribution is -2.41. The average Bonchev–Trinajstić information content (AvgIpc) is 2.98. The average molecular weight is 286 g/mol. The van der Waals surface area contributed by atoms with Crippen molar-refractivity contribution in [1.82, 2.24) is 20.3 Å². The van der Waals surface area contributed by atoms with Crippen LogP contribution < -0.4 is 5.32 Å². The van der Waals surface area contributed by atoms with Crippen LogP contribution in [-0.4, -0.2) is 26.9 Å². The minimum atomic E-state index is 0.0648. The van der Waals surface area contributed by atoms with Gasteiger partial charge in [-0.25, -0.2) is 0 Å². The summed E-state index contributed by atoms with van der Waals surface area (Å²) in [5.74, 6) is 0.424. The van der Waals surface area contributed by atoms with Gasteiger partial charge >= 0.3 is 0 Å². The number of aryl methyl sites for hydroxylation is 1. The summed E-state index contributed by atoms with van der Waals surface area (Å²) in [6.45, 7) is 4.84. The van der Waals surface area contributed by atoms with E-state index in [2.05, 4.69) is 29.5 Å². The van der Waals surface area contributed by atoms with Gasteiger partial charge in [-0.05, 0) is 17.9 Å². The predicted molar refractivity (Wildman–Crippen MR) is 81.6 cm³/mol. The second-order valence-electron chi connectivity index (χ2n) is 5.53. The molecular formula is C16H22N4O. The summed E-state index contributed by atoms with van der Waals surface area (Å²) < 4.78 is 1.75. The Bertz CT molecular complexity index is 537. The van der Waals surface area contributed by atoms with Crippen molar-refractivity contribution in [2.24, 2.45) is 5.92 Å². The van der Waals surface area contributed by atoms with Crippen molar-refractivity contribution in [3.05, 3.63) is 48.3 Å². The van der Waals surface area contributed by atoms with E-state index in [0.29, 0.717) is 18.9 Å². The number of amides is 1. The van der Waals surface area contributed by atoms with Crippen LogP contribution in [0, 0.1) is 5.92 Å². The SMILES string of the molecule is CC(C)C(Cn1ccnn1)NC(=O)CCc1ccccc1.